The maximum absolute atomic E-state index is 3.68. The van der Waals surface area contributed by atoms with Crippen LogP contribution >= 0.6 is 0 Å². The van der Waals surface area contributed by atoms with Gasteiger partial charge >= 0.3 is 0 Å². The molecular weight excluding hydrogens is 362 g/mol. The van der Waals surface area contributed by atoms with Crippen LogP contribution in [0.3, 0.4) is 0 Å². The Labute approximate surface area is 56.7 Å². The average Bonchev–Trinajstić information content (AvgIpc) is 1.91. The van der Waals surface area contributed by atoms with Crippen LogP contribution in [-0.4, -0.2) is 24.5 Å². The third-order valence-corrected chi connectivity index (χ3v) is 1.45. The molecule has 2 heteroatoms. The molecule has 1 aliphatic heterocycles. The Morgan fingerprint density at radius 2 is 2.50 bits per heavy atom. The van der Waals surface area contributed by atoms with Crippen molar-refractivity contribution in [3.05, 3.63) is 24.8 Å². The van der Waals surface area contributed by atoms with Crippen molar-refractivity contribution in [3.63, 3.8) is 0 Å². The quantitative estimate of drug-likeness (QED) is 0.520. The molecule has 61 valence electrons. The first-order valence-corrected chi connectivity index (χ1v) is 3.32. The summed E-state index contributed by atoms with van der Waals surface area (Å²) in [6, 6.07) is 0. The van der Waals surface area contributed by atoms with Gasteiger partial charge in [0.1, 0.15) is 0 Å². The van der Waals surface area contributed by atoms with Gasteiger partial charge in [-0.1, -0.05) is 6.08 Å². The maximum atomic E-state index is 3.68. The fraction of sp³-hybridized carbons (Fsp3) is 0.500. The fourth-order valence-corrected chi connectivity index (χ4v) is 0.958. The summed E-state index contributed by atoms with van der Waals surface area (Å²) in [6.07, 6.45) is 8.28. The van der Waals surface area contributed by atoms with E-state index in [1.54, 1.807) is 0 Å². The molecule has 10 heavy (non-hydrogen) atoms. The van der Waals surface area contributed by atoms with E-state index in [1.807, 2.05) is 6.08 Å². The molecule has 0 saturated carbocycles. The first kappa shape index (κ1) is 8.44. The Morgan fingerprint density at radius 3 is 3.00 bits per heavy atom. The minimum absolute atomic E-state index is 0. The van der Waals surface area contributed by atoms with Crippen molar-refractivity contribution < 1.29 is 0 Å². The molecule has 1 nitrogen and oxygen atoms in total. The van der Waals surface area contributed by atoms with E-state index in [9.17, 15) is 0 Å². The Bertz CT molecular complexity index is 120. The van der Waals surface area contributed by atoms with Crippen LogP contribution in [-0.2, 0) is 0 Å². The molecule has 1 aliphatic rings. The third-order valence-electron chi connectivity index (χ3n) is 1.45. The predicted molar refractivity (Wildman–Crippen MR) is 39.1 cm³/mol. The van der Waals surface area contributed by atoms with E-state index in [0.29, 0.717) is 0 Å². The molecule has 0 N–H and O–H groups in total. The zero-order chi connectivity index (χ0) is 6.53. The summed E-state index contributed by atoms with van der Waals surface area (Å²) in [6.45, 7) is 6.88. The predicted octanol–water partition coefficient (Wildman–Crippen LogP) is 1.24. The largest absolute Gasteiger partial charge is 0.498 e. The van der Waals surface area contributed by atoms with E-state index in [1.165, 1.54) is 0 Å². The van der Waals surface area contributed by atoms with Gasteiger partial charge in [-0.2, -0.15) is 6.42 Å². The SMILES string of the molecule is C=CCN1CC=[C-]CC1.[Es]. The van der Waals surface area contributed by atoms with Gasteiger partial charge in [0.2, 0.25) is 0 Å². The number of hydrogen-bond acceptors (Lipinski definition) is 1. The summed E-state index contributed by atoms with van der Waals surface area (Å²) in [5, 5.41) is 0. The molecule has 0 aromatic carbocycles. The van der Waals surface area contributed by atoms with Gasteiger partial charge in [-0.05, 0) is 13.1 Å². The van der Waals surface area contributed by atoms with E-state index < -0.39 is 0 Å². The standard InChI is InChI=1S/C8H12N.Es/c1-2-6-9-7-4-3-5-8-9;/h2,4H,1,5-8H2;/q-1;. The maximum Gasteiger partial charge on any atom is 0.0161 e. The van der Waals surface area contributed by atoms with Crippen LogP contribution < -0.4 is 0 Å². The molecule has 0 unspecified atom stereocenters. The van der Waals surface area contributed by atoms with Crippen molar-refractivity contribution in [2.75, 3.05) is 19.6 Å². The Morgan fingerprint density at radius 1 is 1.70 bits per heavy atom. The monoisotopic (exact) mass is 374 g/mol. The topological polar surface area (TPSA) is 3.24 Å². The molecule has 0 aliphatic carbocycles. The van der Waals surface area contributed by atoms with Crippen molar-refractivity contribution in [1.82, 2.24) is 4.90 Å². The van der Waals surface area contributed by atoms with Crippen LogP contribution in [0.25, 0.3) is 0 Å². The molecule has 0 atom stereocenters. The first-order chi connectivity index (χ1) is 4.43. The van der Waals surface area contributed by atoms with Gasteiger partial charge in [-0.15, -0.1) is 6.58 Å². The second-order valence-corrected chi connectivity index (χ2v) is 2.21. The van der Waals surface area contributed by atoms with Crippen LogP contribution in [0.1, 0.15) is 6.42 Å². The molecule has 1 radical (unpaired) electrons. The van der Waals surface area contributed by atoms with Crippen molar-refractivity contribution in [2.45, 2.75) is 6.42 Å². The zero-order valence-electron chi connectivity index (χ0n) is 5.94. The Balaban J connectivity index is 0.000000810. The summed E-state index contributed by atoms with van der Waals surface area (Å²) in [5.41, 5.74) is 0. The van der Waals surface area contributed by atoms with E-state index in [4.69, 9.17) is 0 Å². The van der Waals surface area contributed by atoms with Crippen LogP contribution in [0.2, 0.25) is 0 Å². The summed E-state index contributed by atoms with van der Waals surface area (Å²) in [4.78, 5) is 2.34. The summed E-state index contributed by atoms with van der Waals surface area (Å²) in [5.74, 6) is 0. The first-order valence-electron chi connectivity index (χ1n) is 3.32. The second kappa shape index (κ2) is 4.33. The van der Waals surface area contributed by atoms with E-state index in [2.05, 4.69) is 23.6 Å². The third kappa shape index (κ3) is 2.14. The Kier molecular flexibility index (Phi) is 3.66. The molecule has 0 amide bonds. The fourth-order valence-electron chi connectivity index (χ4n) is 0.958. The Hall–Kier alpha value is -1.56. The summed E-state index contributed by atoms with van der Waals surface area (Å²) >= 11 is 0. The van der Waals surface area contributed by atoms with Crippen molar-refractivity contribution >= 4 is 0 Å². The minimum Gasteiger partial charge on any atom is -0.498 e. The number of nitrogens with zero attached hydrogens (tertiary/aromatic N) is 1. The molecule has 1 heterocycles. The van der Waals surface area contributed by atoms with Gasteiger partial charge in [0.15, 0.2) is 0 Å². The average molecular weight is 374 g/mol. The molecule has 1 rings (SSSR count). The van der Waals surface area contributed by atoms with E-state index in [-0.39, 0.29) is 0 Å². The molecule has 0 aromatic heterocycles. The van der Waals surface area contributed by atoms with Crippen molar-refractivity contribution in [3.8, 4) is 0 Å². The van der Waals surface area contributed by atoms with Gasteiger partial charge in [0, 0.05) is 6.54 Å². The van der Waals surface area contributed by atoms with E-state index in [0.717, 1.165) is 26.1 Å². The van der Waals surface area contributed by atoms with Crippen LogP contribution in [0.15, 0.2) is 18.7 Å². The molecule has 0 bridgehead atoms. The summed E-state index contributed by atoms with van der Waals surface area (Å²) < 4.78 is 0. The van der Waals surface area contributed by atoms with Crippen LogP contribution in [0.4, 0.5) is 0 Å². The number of rotatable bonds is 2. The zero-order valence-corrected chi connectivity index (χ0v) is 8.45. The van der Waals surface area contributed by atoms with Crippen molar-refractivity contribution in [2.24, 2.45) is 0 Å². The number of hydrogen-bond donors (Lipinski definition) is 0. The van der Waals surface area contributed by atoms with Crippen molar-refractivity contribution in [1.29, 1.82) is 0 Å². The second-order valence-electron chi connectivity index (χ2n) is 2.21. The van der Waals surface area contributed by atoms with Gasteiger partial charge in [0.25, 0.3) is 0 Å². The van der Waals surface area contributed by atoms with Gasteiger partial charge in [-0.3, -0.25) is 6.08 Å². The minimum atomic E-state index is 0. The van der Waals surface area contributed by atoms with Gasteiger partial charge < -0.3 is 11.0 Å². The molecule has 0 fully saturated rings. The molecule has 0 saturated heterocycles. The smallest absolute Gasteiger partial charge is 0.0161 e. The van der Waals surface area contributed by atoms with Crippen LogP contribution in [0.5, 0.6) is 0 Å². The van der Waals surface area contributed by atoms with Gasteiger partial charge in [0.05, 0.1) is 0 Å². The molecule has 0 aromatic rings. The van der Waals surface area contributed by atoms with Gasteiger partial charge in [-0.25, -0.2) is 0 Å². The summed E-state index contributed by atoms with van der Waals surface area (Å²) in [7, 11) is 0. The van der Waals surface area contributed by atoms with E-state index >= 15 is 0 Å². The van der Waals surface area contributed by atoms with Crippen LogP contribution in [0, 0.1) is 6.08 Å². The molecule has 0 spiro atoms. The normalized spacial score (nSPS) is 18.0. The molecular formula is C8H12EsN-.